The minimum atomic E-state index is 0.0118. The van der Waals surface area contributed by atoms with Crippen molar-refractivity contribution in [1.29, 1.82) is 0 Å². The fraction of sp³-hybridized carbons (Fsp3) is 0.421. The van der Waals surface area contributed by atoms with E-state index in [-0.39, 0.29) is 5.91 Å². The molecule has 0 unspecified atom stereocenters. The molecule has 3 nitrogen and oxygen atoms in total. The van der Waals surface area contributed by atoms with Gasteiger partial charge in [0.15, 0.2) is 0 Å². The van der Waals surface area contributed by atoms with Crippen molar-refractivity contribution in [2.24, 2.45) is 5.92 Å². The van der Waals surface area contributed by atoms with Crippen LogP contribution in [0.15, 0.2) is 35.7 Å². The standard InChI is InChI=1S/C19H23NO2S/c1-14-3-7-16(8-4-14)17-9-12-23-18(17)19(21)20-10-2-11-22-13-15-5-6-15/h3-4,7-9,12,15H,2,5-6,10-11,13H2,1H3,(H,20,21). The quantitative estimate of drug-likeness (QED) is 0.735. The summed E-state index contributed by atoms with van der Waals surface area (Å²) in [4.78, 5) is 13.2. The van der Waals surface area contributed by atoms with Gasteiger partial charge in [0.2, 0.25) is 0 Å². The van der Waals surface area contributed by atoms with Gasteiger partial charge in [-0.05, 0) is 49.1 Å². The molecule has 1 saturated carbocycles. The predicted octanol–water partition coefficient (Wildman–Crippen LogP) is 4.27. The Balaban J connectivity index is 1.49. The number of carbonyl (C=O) groups excluding carboxylic acids is 1. The van der Waals surface area contributed by atoms with Gasteiger partial charge in [0, 0.05) is 25.3 Å². The molecule has 23 heavy (non-hydrogen) atoms. The van der Waals surface area contributed by atoms with E-state index >= 15 is 0 Å². The summed E-state index contributed by atoms with van der Waals surface area (Å²) in [6, 6.07) is 10.3. The third-order valence-corrected chi connectivity index (χ3v) is 4.95. The van der Waals surface area contributed by atoms with Crippen LogP contribution in [-0.4, -0.2) is 25.7 Å². The molecule has 1 aliphatic carbocycles. The van der Waals surface area contributed by atoms with Crippen LogP contribution in [-0.2, 0) is 4.74 Å². The maximum atomic E-state index is 12.4. The number of thiophene rings is 1. The Labute approximate surface area is 141 Å². The SMILES string of the molecule is Cc1ccc(-c2ccsc2C(=O)NCCCOCC2CC2)cc1. The lowest BCUT2D eigenvalue weighted by Crippen LogP contribution is -2.25. The summed E-state index contributed by atoms with van der Waals surface area (Å²) in [7, 11) is 0. The molecule has 1 fully saturated rings. The highest BCUT2D eigenvalue weighted by Crippen LogP contribution is 2.29. The van der Waals surface area contributed by atoms with Crippen molar-refractivity contribution in [2.45, 2.75) is 26.2 Å². The minimum Gasteiger partial charge on any atom is -0.381 e. The summed E-state index contributed by atoms with van der Waals surface area (Å²) in [6.07, 6.45) is 3.50. The van der Waals surface area contributed by atoms with Crippen molar-refractivity contribution in [1.82, 2.24) is 5.32 Å². The number of hydrogen-bond acceptors (Lipinski definition) is 3. The van der Waals surface area contributed by atoms with Crippen LogP contribution in [0.5, 0.6) is 0 Å². The maximum Gasteiger partial charge on any atom is 0.261 e. The van der Waals surface area contributed by atoms with Crippen molar-refractivity contribution in [3.63, 3.8) is 0 Å². The summed E-state index contributed by atoms with van der Waals surface area (Å²) in [6.45, 7) is 4.34. The highest BCUT2D eigenvalue weighted by molar-refractivity contribution is 7.12. The second kappa shape index (κ2) is 7.75. The molecule has 0 atom stereocenters. The molecule has 4 heteroatoms. The molecule has 0 bridgehead atoms. The molecule has 1 aromatic carbocycles. The van der Waals surface area contributed by atoms with Crippen LogP contribution in [0.4, 0.5) is 0 Å². The van der Waals surface area contributed by atoms with Crippen LogP contribution in [0.1, 0.15) is 34.5 Å². The average molecular weight is 329 g/mol. The van der Waals surface area contributed by atoms with Crippen LogP contribution in [0, 0.1) is 12.8 Å². The van der Waals surface area contributed by atoms with E-state index in [1.54, 1.807) is 0 Å². The first-order valence-electron chi connectivity index (χ1n) is 8.24. The molecule has 2 aromatic rings. The summed E-state index contributed by atoms with van der Waals surface area (Å²) in [5.41, 5.74) is 3.33. The summed E-state index contributed by atoms with van der Waals surface area (Å²) < 4.78 is 5.59. The van der Waals surface area contributed by atoms with Crippen molar-refractivity contribution >= 4 is 17.2 Å². The first-order chi connectivity index (χ1) is 11.2. The van der Waals surface area contributed by atoms with E-state index in [2.05, 4.69) is 36.5 Å². The van der Waals surface area contributed by atoms with Crippen LogP contribution >= 0.6 is 11.3 Å². The summed E-state index contributed by atoms with van der Waals surface area (Å²) in [5.74, 6) is 0.811. The number of rotatable bonds is 8. The van der Waals surface area contributed by atoms with Crippen molar-refractivity contribution in [3.05, 3.63) is 46.2 Å². The largest absolute Gasteiger partial charge is 0.381 e. The van der Waals surface area contributed by atoms with Crippen molar-refractivity contribution in [2.75, 3.05) is 19.8 Å². The molecule has 3 rings (SSSR count). The van der Waals surface area contributed by atoms with Gasteiger partial charge in [-0.2, -0.15) is 0 Å². The molecule has 1 aromatic heterocycles. The van der Waals surface area contributed by atoms with Gasteiger partial charge >= 0.3 is 0 Å². The molecule has 1 N–H and O–H groups in total. The number of carbonyl (C=O) groups is 1. The number of hydrogen-bond donors (Lipinski definition) is 1. The van der Waals surface area contributed by atoms with Gasteiger partial charge in [-0.3, -0.25) is 4.79 Å². The Morgan fingerprint density at radius 2 is 2.04 bits per heavy atom. The molecule has 0 saturated heterocycles. The highest BCUT2D eigenvalue weighted by atomic mass is 32.1. The van der Waals surface area contributed by atoms with Gasteiger partial charge in [0.05, 0.1) is 4.88 Å². The Morgan fingerprint density at radius 1 is 1.26 bits per heavy atom. The lowest BCUT2D eigenvalue weighted by molar-refractivity contribution is 0.0942. The molecular formula is C19H23NO2S. The van der Waals surface area contributed by atoms with Gasteiger partial charge in [-0.25, -0.2) is 0 Å². The second-order valence-electron chi connectivity index (χ2n) is 6.16. The zero-order chi connectivity index (χ0) is 16.1. The first-order valence-corrected chi connectivity index (χ1v) is 9.12. The Kier molecular flexibility index (Phi) is 5.47. The molecule has 0 spiro atoms. The Bertz CT molecular complexity index is 644. The number of aryl methyl sites for hydroxylation is 1. The lowest BCUT2D eigenvalue weighted by Gasteiger charge is -2.07. The van der Waals surface area contributed by atoms with E-state index in [9.17, 15) is 4.79 Å². The second-order valence-corrected chi connectivity index (χ2v) is 7.07. The number of amides is 1. The molecule has 1 amide bonds. The molecule has 1 aliphatic rings. The summed E-state index contributed by atoms with van der Waals surface area (Å²) >= 11 is 1.49. The third-order valence-electron chi connectivity index (χ3n) is 4.04. The topological polar surface area (TPSA) is 38.3 Å². The van der Waals surface area contributed by atoms with E-state index in [4.69, 9.17) is 4.74 Å². The number of nitrogens with one attached hydrogen (secondary N) is 1. The van der Waals surface area contributed by atoms with E-state index in [1.165, 1.54) is 29.7 Å². The van der Waals surface area contributed by atoms with Gasteiger partial charge in [0.1, 0.15) is 0 Å². The van der Waals surface area contributed by atoms with Crippen LogP contribution in [0.3, 0.4) is 0 Å². The average Bonchev–Trinajstić information content (AvgIpc) is 3.25. The monoisotopic (exact) mass is 329 g/mol. The molecule has 1 heterocycles. The Hall–Kier alpha value is -1.65. The van der Waals surface area contributed by atoms with Crippen LogP contribution in [0.25, 0.3) is 11.1 Å². The molecular weight excluding hydrogens is 306 g/mol. The van der Waals surface area contributed by atoms with E-state index in [0.29, 0.717) is 6.54 Å². The fourth-order valence-electron chi connectivity index (χ4n) is 2.44. The van der Waals surface area contributed by atoms with Crippen molar-refractivity contribution < 1.29 is 9.53 Å². The number of benzene rings is 1. The molecule has 0 radical (unpaired) electrons. The number of ether oxygens (including phenoxy) is 1. The first kappa shape index (κ1) is 16.2. The summed E-state index contributed by atoms with van der Waals surface area (Å²) in [5, 5.41) is 4.98. The Morgan fingerprint density at radius 3 is 2.78 bits per heavy atom. The molecule has 122 valence electrons. The molecule has 0 aliphatic heterocycles. The van der Waals surface area contributed by atoms with Gasteiger partial charge < -0.3 is 10.1 Å². The smallest absolute Gasteiger partial charge is 0.261 e. The minimum absolute atomic E-state index is 0.0118. The van der Waals surface area contributed by atoms with E-state index in [0.717, 1.165) is 41.6 Å². The lowest BCUT2D eigenvalue weighted by atomic mass is 10.0. The van der Waals surface area contributed by atoms with Gasteiger partial charge in [-0.1, -0.05) is 29.8 Å². The maximum absolute atomic E-state index is 12.4. The van der Waals surface area contributed by atoms with Gasteiger partial charge in [-0.15, -0.1) is 11.3 Å². The zero-order valence-electron chi connectivity index (χ0n) is 13.5. The fourth-order valence-corrected chi connectivity index (χ4v) is 3.27. The van der Waals surface area contributed by atoms with E-state index < -0.39 is 0 Å². The van der Waals surface area contributed by atoms with Crippen LogP contribution < -0.4 is 5.32 Å². The normalized spacial score (nSPS) is 14.0. The van der Waals surface area contributed by atoms with Crippen molar-refractivity contribution in [3.8, 4) is 11.1 Å². The predicted molar refractivity (Wildman–Crippen MR) is 95.0 cm³/mol. The zero-order valence-corrected chi connectivity index (χ0v) is 14.3. The van der Waals surface area contributed by atoms with Crippen LogP contribution in [0.2, 0.25) is 0 Å². The highest BCUT2D eigenvalue weighted by Gasteiger charge is 2.20. The van der Waals surface area contributed by atoms with Gasteiger partial charge in [0.25, 0.3) is 5.91 Å². The third kappa shape index (κ3) is 4.66. The van der Waals surface area contributed by atoms with E-state index in [1.807, 2.05) is 11.4 Å².